The molecule has 0 amide bonds. The van der Waals surface area contributed by atoms with Gasteiger partial charge in [0, 0.05) is 19.0 Å². The number of nitrogens with one attached hydrogen (secondary N) is 1. The molecule has 2 heterocycles. The maximum Gasteiger partial charge on any atom is 0.495 e. The van der Waals surface area contributed by atoms with E-state index in [1.807, 2.05) is 33.8 Å². The lowest BCUT2D eigenvalue weighted by Crippen LogP contribution is -2.46. The summed E-state index contributed by atoms with van der Waals surface area (Å²) >= 11 is 0. The van der Waals surface area contributed by atoms with E-state index in [0.29, 0.717) is 0 Å². The van der Waals surface area contributed by atoms with Crippen molar-refractivity contribution in [3.63, 3.8) is 0 Å². The Hall–Kier alpha value is -0.905. The number of rotatable bonds is 2. The molecule has 1 aromatic carbocycles. The lowest BCUT2D eigenvalue weighted by Gasteiger charge is -2.32. The fourth-order valence-corrected chi connectivity index (χ4v) is 2.65. The van der Waals surface area contributed by atoms with Gasteiger partial charge in [0.15, 0.2) is 0 Å². The Morgan fingerprint density at radius 2 is 1.75 bits per heavy atom. The van der Waals surface area contributed by atoms with Crippen molar-refractivity contribution in [2.45, 2.75) is 44.8 Å². The summed E-state index contributed by atoms with van der Waals surface area (Å²) in [5.74, 6) is 0.0499. The molecule has 0 radical (unpaired) electrons. The topological polar surface area (TPSA) is 30.5 Å². The van der Waals surface area contributed by atoms with Crippen LogP contribution in [0.5, 0.6) is 0 Å². The summed E-state index contributed by atoms with van der Waals surface area (Å²) in [4.78, 5) is 0. The second kappa shape index (κ2) is 4.55. The molecule has 0 bridgehead atoms. The molecule has 2 aliphatic heterocycles. The smallest absolute Gasteiger partial charge is 0.399 e. The average Bonchev–Trinajstić information content (AvgIpc) is 2.48. The van der Waals surface area contributed by atoms with Gasteiger partial charge in [-0.25, -0.2) is 4.39 Å². The van der Waals surface area contributed by atoms with Gasteiger partial charge in [-0.1, -0.05) is 12.1 Å². The van der Waals surface area contributed by atoms with Crippen molar-refractivity contribution in [3.05, 3.63) is 29.6 Å². The standard InChI is InChI=1S/C15H21BFNO2/c1-14(2)15(3,4)20-16(19-14)11-6-5-7-12(17)13(11)10-8-18-9-10/h5-7,10,18H,8-9H2,1-4H3. The molecule has 108 valence electrons. The second-order valence-electron chi connectivity index (χ2n) is 6.69. The van der Waals surface area contributed by atoms with Gasteiger partial charge in [-0.3, -0.25) is 0 Å². The van der Waals surface area contributed by atoms with E-state index in [2.05, 4.69) is 5.32 Å². The summed E-state index contributed by atoms with van der Waals surface area (Å²) in [6.45, 7) is 9.67. The summed E-state index contributed by atoms with van der Waals surface area (Å²) < 4.78 is 26.3. The minimum Gasteiger partial charge on any atom is -0.399 e. The highest BCUT2D eigenvalue weighted by Crippen LogP contribution is 2.37. The highest BCUT2D eigenvalue weighted by Gasteiger charge is 2.52. The molecular formula is C15H21BFNO2. The molecular weight excluding hydrogens is 256 g/mol. The summed E-state index contributed by atoms with van der Waals surface area (Å²) in [5, 5.41) is 3.19. The predicted octanol–water partition coefficient (Wildman–Crippen LogP) is 1.81. The van der Waals surface area contributed by atoms with Gasteiger partial charge in [0.1, 0.15) is 5.82 Å². The van der Waals surface area contributed by atoms with Crippen LogP contribution in [0.2, 0.25) is 0 Å². The molecule has 5 heteroatoms. The maximum atomic E-state index is 14.2. The van der Waals surface area contributed by atoms with Gasteiger partial charge >= 0.3 is 7.12 Å². The molecule has 1 aromatic rings. The third-order valence-electron chi connectivity index (χ3n) is 4.78. The Bertz CT molecular complexity index is 513. The molecule has 0 spiro atoms. The van der Waals surface area contributed by atoms with E-state index in [9.17, 15) is 4.39 Å². The Kier molecular flexibility index (Phi) is 3.20. The fourth-order valence-electron chi connectivity index (χ4n) is 2.65. The first-order valence-corrected chi connectivity index (χ1v) is 7.16. The first kappa shape index (κ1) is 14.0. The van der Waals surface area contributed by atoms with Gasteiger partial charge in [-0.05, 0) is 44.8 Å². The molecule has 0 atom stereocenters. The third-order valence-corrected chi connectivity index (χ3v) is 4.78. The number of hydrogen-bond donors (Lipinski definition) is 1. The lowest BCUT2D eigenvalue weighted by molar-refractivity contribution is 0.00578. The van der Waals surface area contributed by atoms with Crippen LogP contribution in [-0.4, -0.2) is 31.4 Å². The van der Waals surface area contributed by atoms with Crippen LogP contribution in [0.25, 0.3) is 0 Å². The van der Waals surface area contributed by atoms with Gasteiger partial charge in [-0.2, -0.15) is 0 Å². The van der Waals surface area contributed by atoms with E-state index in [1.54, 1.807) is 6.07 Å². The molecule has 2 saturated heterocycles. The van der Waals surface area contributed by atoms with Crippen LogP contribution in [0.4, 0.5) is 4.39 Å². The van der Waals surface area contributed by atoms with Crippen molar-refractivity contribution in [1.29, 1.82) is 0 Å². The summed E-state index contributed by atoms with van der Waals surface area (Å²) in [6, 6.07) is 5.16. The summed E-state index contributed by atoms with van der Waals surface area (Å²) in [5.41, 5.74) is 0.762. The number of halogens is 1. The minimum absolute atomic E-state index is 0.163. The van der Waals surface area contributed by atoms with Crippen LogP contribution in [0, 0.1) is 5.82 Å². The molecule has 20 heavy (non-hydrogen) atoms. The van der Waals surface area contributed by atoms with E-state index >= 15 is 0 Å². The monoisotopic (exact) mass is 277 g/mol. The fraction of sp³-hybridized carbons (Fsp3) is 0.600. The Morgan fingerprint density at radius 3 is 2.25 bits per heavy atom. The predicted molar refractivity (Wildman–Crippen MR) is 77.7 cm³/mol. The molecule has 0 aliphatic carbocycles. The highest BCUT2D eigenvalue weighted by molar-refractivity contribution is 6.62. The summed E-state index contributed by atoms with van der Waals surface area (Å²) in [6.07, 6.45) is 0. The zero-order chi connectivity index (χ0) is 14.5. The lowest BCUT2D eigenvalue weighted by atomic mass is 9.72. The molecule has 0 unspecified atom stereocenters. The van der Waals surface area contributed by atoms with Crippen LogP contribution < -0.4 is 10.8 Å². The van der Waals surface area contributed by atoms with E-state index in [4.69, 9.17) is 9.31 Å². The molecule has 3 nitrogen and oxygen atoms in total. The van der Waals surface area contributed by atoms with Gasteiger partial charge in [-0.15, -0.1) is 0 Å². The number of hydrogen-bond acceptors (Lipinski definition) is 3. The van der Waals surface area contributed by atoms with Crippen LogP contribution in [-0.2, 0) is 9.31 Å². The molecule has 1 N–H and O–H groups in total. The van der Waals surface area contributed by atoms with Crippen molar-refractivity contribution in [2.75, 3.05) is 13.1 Å². The molecule has 2 fully saturated rings. The Labute approximate surface area is 120 Å². The van der Waals surface area contributed by atoms with Crippen LogP contribution in [0.3, 0.4) is 0 Å². The van der Waals surface area contributed by atoms with Gasteiger partial charge in [0.2, 0.25) is 0 Å². The minimum atomic E-state index is -0.494. The van der Waals surface area contributed by atoms with E-state index in [1.165, 1.54) is 6.07 Å². The largest absolute Gasteiger partial charge is 0.495 e. The first-order valence-electron chi connectivity index (χ1n) is 7.16. The van der Waals surface area contributed by atoms with Crippen LogP contribution >= 0.6 is 0 Å². The van der Waals surface area contributed by atoms with Crippen LogP contribution in [0.1, 0.15) is 39.2 Å². The average molecular weight is 277 g/mol. The van der Waals surface area contributed by atoms with Crippen LogP contribution in [0.15, 0.2) is 18.2 Å². The quantitative estimate of drug-likeness (QED) is 0.836. The Morgan fingerprint density at radius 1 is 1.15 bits per heavy atom. The van der Waals surface area contributed by atoms with Crippen molar-refractivity contribution in [2.24, 2.45) is 0 Å². The highest BCUT2D eigenvalue weighted by atomic mass is 19.1. The van der Waals surface area contributed by atoms with Gasteiger partial charge in [0.05, 0.1) is 11.2 Å². The second-order valence-corrected chi connectivity index (χ2v) is 6.69. The van der Waals surface area contributed by atoms with Crippen molar-refractivity contribution >= 4 is 12.6 Å². The van der Waals surface area contributed by atoms with Gasteiger partial charge in [0.25, 0.3) is 0 Å². The van der Waals surface area contributed by atoms with Gasteiger partial charge < -0.3 is 14.6 Å². The number of benzene rings is 1. The van der Waals surface area contributed by atoms with E-state index in [0.717, 1.165) is 24.1 Å². The normalized spacial score (nSPS) is 24.8. The van der Waals surface area contributed by atoms with E-state index < -0.39 is 18.3 Å². The van der Waals surface area contributed by atoms with Crippen molar-refractivity contribution in [3.8, 4) is 0 Å². The van der Waals surface area contributed by atoms with E-state index in [-0.39, 0.29) is 11.7 Å². The Balaban J connectivity index is 1.97. The molecule has 0 saturated carbocycles. The summed E-state index contributed by atoms with van der Waals surface area (Å²) in [7, 11) is -0.494. The SMILES string of the molecule is CC1(C)OB(c2cccc(F)c2C2CNC2)OC1(C)C. The first-order chi connectivity index (χ1) is 9.32. The zero-order valence-electron chi connectivity index (χ0n) is 12.5. The maximum absolute atomic E-state index is 14.2. The molecule has 3 rings (SSSR count). The third kappa shape index (κ3) is 2.08. The van der Waals surface area contributed by atoms with Crippen molar-refractivity contribution < 1.29 is 13.7 Å². The zero-order valence-corrected chi connectivity index (χ0v) is 12.5. The molecule has 0 aromatic heterocycles. The van der Waals surface area contributed by atoms with Crippen molar-refractivity contribution in [1.82, 2.24) is 5.32 Å². The molecule has 2 aliphatic rings.